The predicted molar refractivity (Wildman–Crippen MR) is 67.8 cm³/mol. The summed E-state index contributed by atoms with van der Waals surface area (Å²) in [6.07, 6.45) is -3.72. The molecule has 6 heteroatoms. The molecule has 2 nitrogen and oxygen atoms in total. The maximum absolute atomic E-state index is 11.9. The molecule has 0 fully saturated rings. The van der Waals surface area contributed by atoms with Gasteiger partial charge in [-0.05, 0) is 30.0 Å². The Bertz CT molecular complexity index is 365. The molecule has 0 aliphatic carbocycles. The minimum Gasteiger partial charge on any atom is -0.497 e. The van der Waals surface area contributed by atoms with Crippen molar-refractivity contribution in [3.8, 4) is 5.75 Å². The van der Waals surface area contributed by atoms with Crippen LogP contribution in [0.4, 0.5) is 13.2 Å². The Balaban J connectivity index is 2.42. The van der Waals surface area contributed by atoms with Gasteiger partial charge in [0.1, 0.15) is 12.4 Å². The summed E-state index contributed by atoms with van der Waals surface area (Å²) in [6.45, 7) is -1.24. The van der Waals surface area contributed by atoms with E-state index in [1.165, 1.54) is 0 Å². The molecule has 0 bridgehead atoms. The molecule has 0 aliphatic rings. The van der Waals surface area contributed by atoms with Crippen LogP contribution < -0.4 is 4.74 Å². The van der Waals surface area contributed by atoms with E-state index in [9.17, 15) is 13.2 Å². The number of hydrogen-bond acceptors (Lipinski definition) is 2. The Hall–Kier alpha value is -0.940. The molecule has 19 heavy (non-hydrogen) atoms. The van der Waals surface area contributed by atoms with Crippen molar-refractivity contribution in [3.05, 3.63) is 29.8 Å². The van der Waals surface area contributed by atoms with Gasteiger partial charge in [-0.3, -0.25) is 0 Å². The predicted octanol–water partition coefficient (Wildman–Crippen LogP) is 3.67. The number of hydrogen-bond donors (Lipinski definition) is 0. The highest BCUT2D eigenvalue weighted by Crippen LogP contribution is 2.18. The van der Waals surface area contributed by atoms with Crippen molar-refractivity contribution in [1.29, 1.82) is 0 Å². The van der Waals surface area contributed by atoms with E-state index in [2.05, 4.69) is 4.74 Å². The SMILES string of the molecule is COc1ccc(CC(CCl)COCC(F)(F)F)cc1. The quantitative estimate of drug-likeness (QED) is 0.715. The summed E-state index contributed by atoms with van der Waals surface area (Å²) in [7, 11) is 1.57. The van der Waals surface area contributed by atoms with E-state index in [4.69, 9.17) is 16.3 Å². The lowest BCUT2D eigenvalue weighted by atomic mass is 10.0. The zero-order valence-electron chi connectivity index (χ0n) is 10.5. The van der Waals surface area contributed by atoms with Crippen LogP contribution in [0.25, 0.3) is 0 Å². The summed E-state index contributed by atoms with van der Waals surface area (Å²) in [4.78, 5) is 0. The Labute approximate surface area is 115 Å². The van der Waals surface area contributed by atoms with Crippen LogP contribution in [0.3, 0.4) is 0 Å². The third-order valence-corrected chi connectivity index (χ3v) is 2.96. The van der Waals surface area contributed by atoms with Crippen molar-refractivity contribution < 1.29 is 22.6 Å². The van der Waals surface area contributed by atoms with E-state index in [1.54, 1.807) is 19.2 Å². The van der Waals surface area contributed by atoms with Crippen LogP contribution in [0.15, 0.2) is 24.3 Å². The summed E-state index contributed by atoms with van der Waals surface area (Å²) < 4.78 is 45.5. The van der Waals surface area contributed by atoms with Gasteiger partial charge in [0.15, 0.2) is 0 Å². The molecule has 0 amide bonds. The molecule has 1 aromatic rings. The van der Waals surface area contributed by atoms with Crippen molar-refractivity contribution in [1.82, 2.24) is 0 Å². The number of methoxy groups -OCH3 is 1. The lowest BCUT2D eigenvalue weighted by molar-refractivity contribution is -0.176. The average Bonchev–Trinajstić information content (AvgIpc) is 2.37. The largest absolute Gasteiger partial charge is 0.497 e. The molecule has 108 valence electrons. The van der Waals surface area contributed by atoms with Crippen molar-refractivity contribution in [2.24, 2.45) is 5.92 Å². The van der Waals surface area contributed by atoms with E-state index in [-0.39, 0.29) is 18.4 Å². The topological polar surface area (TPSA) is 18.5 Å². The van der Waals surface area contributed by atoms with E-state index in [1.807, 2.05) is 12.1 Å². The van der Waals surface area contributed by atoms with Gasteiger partial charge >= 0.3 is 6.18 Å². The lowest BCUT2D eigenvalue weighted by Gasteiger charge is -2.15. The molecule has 0 N–H and O–H groups in total. The van der Waals surface area contributed by atoms with Crippen molar-refractivity contribution in [2.75, 3.05) is 26.2 Å². The maximum Gasteiger partial charge on any atom is 0.411 e. The van der Waals surface area contributed by atoms with E-state index >= 15 is 0 Å². The normalized spacial score (nSPS) is 13.3. The fourth-order valence-corrected chi connectivity index (χ4v) is 1.79. The van der Waals surface area contributed by atoms with Gasteiger partial charge in [-0.1, -0.05) is 12.1 Å². The van der Waals surface area contributed by atoms with Crippen LogP contribution in [-0.4, -0.2) is 32.4 Å². The summed E-state index contributed by atoms with van der Waals surface area (Å²) in [5.41, 5.74) is 0.988. The fraction of sp³-hybridized carbons (Fsp3) is 0.538. The summed E-state index contributed by atoms with van der Waals surface area (Å²) >= 11 is 5.74. The molecule has 1 aromatic carbocycles. The molecular weight excluding hydrogens is 281 g/mol. The van der Waals surface area contributed by atoms with Crippen LogP contribution in [0.5, 0.6) is 5.75 Å². The van der Waals surface area contributed by atoms with Crippen LogP contribution in [-0.2, 0) is 11.2 Å². The van der Waals surface area contributed by atoms with Gasteiger partial charge in [-0.2, -0.15) is 13.2 Å². The third-order valence-electron chi connectivity index (χ3n) is 2.52. The second-order valence-corrected chi connectivity index (χ2v) is 4.51. The third kappa shape index (κ3) is 6.68. The number of rotatable bonds is 7. The Morgan fingerprint density at radius 3 is 2.32 bits per heavy atom. The molecular formula is C13H16ClF3O2. The molecule has 0 saturated carbocycles. The Kier molecular flexibility index (Phi) is 6.45. The minimum absolute atomic E-state index is 0.00492. The van der Waals surface area contributed by atoms with Gasteiger partial charge in [0.05, 0.1) is 13.7 Å². The zero-order valence-corrected chi connectivity index (χ0v) is 11.3. The second kappa shape index (κ2) is 7.60. The van der Waals surface area contributed by atoms with Gasteiger partial charge < -0.3 is 9.47 Å². The van der Waals surface area contributed by atoms with E-state index in [0.29, 0.717) is 6.42 Å². The number of ether oxygens (including phenoxy) is 2. The number of alkyl halides is 4. The van der Waals surface area contributed by atoms with Gasteiger partial charge in [-0.15, -0.1) is 11.6 Å². The van der Waals surface area contributed by atoms with Crippen LogP contribution in [0, 0.1) is 5.92 Å². The molecule has 0 heterocycles. The standard InChI is InChI=1S/C13H16ClF3O2/c1-18-12-4-2-10(3-5-12)6-11(7-14)8-19-9-13(15,16)17/h2-5,11H,6-9H2,1H3. The molecule has 1 atom stereocenters. The Morgan fingerprint density at radius 2 is 1.84 bits per heavy atom. The first kappa shape index (κ1) is 16.1. The van der Waals surface area contributed by atoms with Gasteiger partial charge in [0.25, 0.3) is 0 Å². The van der Waals surface area contributed by atoms with Gasteiger partial charge in [-0.25, -0.2) is 0 Å². The summed E-state index contributed by atoms with van der Waals surface area (Å²) in [5, 5.41) is 0. The molecule has 0 spiro atoms. The van der Waals surface area contributed by atoms with Gasteiger partial charge in [0.2, 0.25) is 0 Å². The molecule has 1 rings (SSSR count). The number of halogens is 4. The Morgan fingerprint density at radius 1 is 1.21 bits per heavy atom. The van der Waals surface area contributed by atoms with E-state index in [0.717, 1.165) is 11.3 Å². The first-order valence-corrected chi connectivity index (χ1v) is 6.31. The smallest absolute Gasteiger partial charge is 0.411 e. The lowest BCUT2D eigenvalue weighted by Crippen LogP contribution is -2.22. The maximum atomic E-state index is 11.9. The molecule has 0 aromatic heterocycles. The molecule has 0 saturated heterocycles. The molecule has 0 radical (unpaired) electrons. The summed E-state index contributed by atoms with van der Waals surface area (Å²) in [5.74, 6) is 0.848. The molecule has 1 unspecified atom stereocenters. The van der Waals surface area contributed by atoms with Gasteiger partial charge in [0, 0.05) is 5.88 Å². The van der Waals surface area contributed by atoms with Crippen molar-refractivity contribution in [3.63, 3.8) is 0 Å². The monoisotopic (exact) mass is 296 g/mol. The van der Waals surface area contributed by atoms with Crippen LogP contribution >= 0.6 is 11.6 Å². The zero-order chi connectivity index (χ0) is 14.3. The average molecular weight is 297 g/mol. The molecule has 0 aliphatic heterocycles. The number of benzene rings is 1. The second-order valence-electron chi connectivity index (χ2n) is 4.20. The van der Waals surface area contributed by atoms with Crippen molar-refractivity contribution >= 4 is 11.6 Å². The minimum atomic E-state index is -4.29. The highest BCUT2D eigenvalue weighted by Gasteiger charge is 2.27. The first-order valence-electron chi connectivity index (χ1n) is 5.78. The highest BCUT2D eigenvalue weighted by atomic mass is 35.5. The van der Waals surface area contributed by atoms with Crippen LogP contribution in [0.2, 0.25) is 0 Å². The van der Waals surface area contributed by atoms with E-state index < -0.39 is 12.8 Å². The van der Waals surface area contributed by atoms with Crippen LogP contribution in [0.1, 0.15) is 5.56 Å². The van der Waals surface area contributed by atoms with Crippen molar-refractivity contribution in [2.45, 2.75) is 12.6 Å². The summed E-state index contributed by atoms with van der Waals surface area (Å²) in [6, 6.07) is 7.33. The highest BCUT2D eigenvalue weighted by molar-refractivity contribution is 6.18. The first-order chi connectivity index (χ1) is 8.94. The fourth-order valence-electron chi connectivity index (χ4n) is 1.59.